The fourth-order valence-electron chi connectivity index (χ4n) is 2.33. The van der Waals surface area contributed by atoms with Crippen LogP contribution in [0.3, 0.4) is 0 Å². The quantitative estimate of drug-likeness (QED) is 0.776. The van der Waals surface area contributed by atoms with Gasteiger partial charge in [-0.1, -0.05) is 0 Å². The van der Waals surface area contributed by atoms with E-state index in [4.69, 9.17) is 4.42 Å². The molecule has 2 aromatic heterocycles. The predicted molar refractivity (Wildman–Crippen MR) is 90.5 cm³/mol. The number of furan rings is 1. The summed E-state index contributed by atoms with van der Waals surface area (Å²) in [6, 6.07) is 8.86. The summed E-state index contributed by atoms with van der Waals surface area (Å²) >= 11 is 0. The summed E-state index contributed by atoms with van der Waals surface area (Å²) in [5.74, 6) is -1.93. The van der Waals surface area contributed by atoms with Gasteiger partial charge in [-0.05, 0) is 44.2 Å². The van der Waals surface area contributed by atoms with Crippen molar-refractivity contribution in [2.24, 2.45) is 0 Å². The Morgan fingerprint density at radius 3 is 2.62 bits per heavy atom. The van der Waals surface area contributed by atoms with Crippen LogP contribution in [0.2, 0.25) is 0 Å². The van der Waals surface area contributed by atoms with E-state index in [0.717, 1.165) is 16.8 Å². The van der Waals surface area contributed by atoms with E-state index in [0.29, 0.717) is 17.5 Å². The molecule has 3 aromatic rings. The zero-order valence-electron chi connectivity index (χ0n) is 14.0. The molecular formula is C18H15F2N3O3. The van der Waals surface area contributed by atoms with Crippen molar-refractivity contribution in [2.75, 3.05) is 5.32 Å². The topological polar surface area (TPSA) is 77.1 Å². The van der Waals surface area contributed by atoms with Crippen molar-refractivity contribution in [2.45, 2.75) is 19.4 Å². The fraction of sp³-hybridized carbons (Fsp3) is 0.167. The van der Waals surface area contributed by atoms with Gasteiger partial charge in [0.15, 0.2) is 5.76 Å². The summed E-state index contributed by atoms with van der Waals surface area (Å²) < 4.78 is 33.0. The Kier molecular flexibility index (Phi) is 4.41. The molecule has 8 heteroatoms. The van der Waals surface area contributed by atoms with E-state index < -0.39 is 28.6 Å². The van der Waals surface area contributed by atoms with E-state index in [1.807, 2.05) is 0 Å². The van der Waals surface area contributed by atoms with Gasteiger partial charge in [-0.25, -0.2) is 13.5 Å². The van der Waals surface area contributed by atoms with Crippen LogP contribution in [-0.2, 0) is 10.3 Å². The summed E-state index contributed by atoms with van der Waals surface area (Å²) in [7, 11) is 0. The second-order valence-corrected chi connectivity index (χ2v) is 6.08. The molecular weight excluding hydrogens is 344 g/mol. The second kappa shape index (κ2) is 6.55. The van der Waals surface area contributed by atoms with E-state index in [1.54, 1.807) is 12.1 Å². The summed E-state index contributed by atoms with van der Waals surface area (Å²) in [5, 5.41) is 6.54. The van der Waals surface area contributed by atoms with E-state index in [1.165, 1.54) is 32.2 Å². The molecule has 26 heavy (non-hydrogen) atoms. The number of nitrogens with zero attached hydrogens (tertiary/aromatic N) is 2. The van der Waals surface area contributed by atoms with Gasteiger partial charge in [0.05, 0.1) is 12.0 Å². The number of nitrogens with one attached hydrogen (secondary N) is 1. The van der Waals surface area contributed by atoms with Gasteiger partial charge in [-0.2, -0.15) is 5.10 Å². The normalized spacial score (nSPS) is 11.4. The Balaban J connectivity index is 1.95. The Morgan fingerprint density at radius 1 is 1.19 bits per heavy atom. The molecule has 0 bridgehead atoms. The van der Waals surface area contributed by atoms with Gasteiger partial charge < -0.3 is 9.73 Å². The molecule has 0 fully saturated rings. The van der Waals surface area contributed by atoms with Gasteiger partial charge >= 0.3 is 0 Å². The molecule has 0 atom stereocenters. The number of hydrogen-bond acceptors (Lipinski definition) is 4. The van der Waals surface area contributed by atoms with Gasteiger partial charge in [-0.3, -0.25) is 9.59 Å². The average molecular weight is 359 g/mol. The highest BCUT2D eigenvalue weighted by molar-refractivity contribution is 5.96. The molecule has 0 radical (unpaired) electrons. The minimum Gasteiger partial charge on any atom is -0.463 e. The highest BCUT2D eigenvalue weighted by Crippen LogP contribution is 2.21. The molecule has 0 saturated carbocycles. The molecule has 0 unspecified atom stereocenters. The highest BCUT2D eigenvalue weighted by atomic mass is 19.1. The molecule has 1 amide bonds. The van der Waals surface area contributed by atoms with Crippen molar-refractivity contribution in [3.8, 4) is 11.5 Å². The van der Waals surface area contributed by atoms with Crippen LogP contribution in [0.15, 0.2) is 57.9 Å². The van der Waals surface area contributed by atoms with Crippen LogP contribution in [0.1, 0.15) is 13.8 Å². The molecule has 0 aliphatic heterocycles. The first kappa shape index (κ1) is 17.5. The third-order valence-corrected chi connectivity index (χ3v) is 3.84. The number of benzene rings is 1. The fourth-order valence-corrected chi connectivity index (χ4v) is 2.33. The van der Waals surface area contributed by atoms with Crippen LogP contribution in [-0.4, -0.2) is 15.7 Å². The van der Waals surface area contributed by atoms with Crippen molar-refractivity contribution in [3.05, 3.63) is 70.7 Å². The molecule has 0 aliphatic rings. The molecule has 1 aromatic carbocycles. The number of anilines is 1. The highest BCUT2D eigenvalue weighted by Gasteiger charge is 2.33. The molecule has 0 spiro atoms. The minimum atomic E-state index is -1.44. The molecule has 6 nitrogen and oxygen atoms in total. The van der Waals surface area contributed by atoms with E-state index in [-0.39, 0.29) is 5.69 Å². The Labute approximate surface area is 147 Å². The van der Waals surface area contributed by atoms with Crippen LogP contribution in [0, 0.1) is 11.6 Å². The smallest absolute Gasteiger partial charge is 0.267 e. The maximum atomic E-state index is 13.8. The SMILES string of the molecule is CC(C)(C(=O)Nc1ccc(F)cc1F)n1nc(-c2ccco2)ccc1=O. The molecule has 134 valence electrons. The Hall–Kier alpha value is -3.29. The third kappa shape index (κ3) is 3.26. The number of hydrogen-bond donors (Lipinski definition) is 1. The lowest BCUT2D eigenvalue weighted by molar-refractivity contribution is -0.123. The van der Waals surface area contributed by atoms with Crippen LogP contribution < -0.4 is 10.9 Å². The first-order valence-electron chi connectivity index (χ1n) is 7.70. The minimum absolute atomic E-state index is 0.195. The van der Waals surface area contributed by atoms with Crippen molar-refractivity contribution in [3.63, 3.8) is 0 Å². The first-order chi connectivity index (χ1) is 12.3. The number of amides is 1. The maximum absolute atomic E-state index is 13.8. The molecule has 0 saturated heterocycles. The number of carbonyl (C=O) groups is 1. The average Bonchev–Trinajstić information content (AvgIpc) is 3.12. The number of rotatable bonds is 4. The lowest BCUT2D eigenvalue weighted by Gasteiger charge is -2.25. The van der Waals surface area contributed by atoms with Crippen molar-refractivity contribution < 1.29 is 18.0 Å². The third-order valence-electron chi connectivity index (χ3n) is 3.84. The zero-order valence-corrected chi connectivity index (χ0v) is 14.0. The summed E-state index contributed by atoms with van der Waals surface area (Å²) in [5.41, 5.74) is -1.79. The lowest BCUT2D eigenvalue weighted by atomic mass is 10.0. The van der Waals surface area contributed by atoms with Crippen LogP contribution in [0.5, 0.6) is 0 Å². The molecule has 3 rings (SSSR count). The van der Waals surface area contributed by atoms with Gasteiger partial charge in [0.1, 0.15) is 22.9 Å². The zero-order chi connectivity index (χ0) is 18.9. The second-order valence-electron chi connectivity index (χ2n) is 6.08. The van der Waals surface area contributed by atoms with E-state index in [9.17, 15) is 18.4 Å². The molecule has 2 heterocycles. The Bertz CT molecular complexity index is 1010. The lowest BCUT2D eigenvalue weighted by Crippen LogP contribution is -2.47. The maximum Gasteiger partial charge on any atom is 0.267 e. The monoisotopic (exact) mass is 359 g/mol. The van der Waals surface area contributed by atoms with Crippen LogP contribution >= 0.6 is 0 Å². The van der Waals surface area contributed by atoms with Gasteiger partial charge in [0.2, 0.25) is 0 Å². The van der Waals surface area contributed by atoms with Crippen LogP contribution in [0.4, 0.5) is 14.5 Å². The number of carbonyl (C=O) groups excluding carboxylic acids is 1. The number of halogens is 2. The number of aromatic nitrogens is 2. The molecule has 1 N–H and O–H groups in total. The standard InChI is InChI=1S/C18H15F2N3O3/c1-18(2,17(25)21-13-6-5-11(19)10-12(13)20)23-16(24)8-7-14(22-23)15-4-3-9-26-15/h3-10H,1-2H3,(H,21,25). The van der Waals surface area contributed by atoms with Crippen molar-refractivity contribution in [1.29, 1.82) is 0 Å². The predicted octanol–water partition coefficient (Wildman–Crippen LogP) is 3.16. The summed E-state index contributed by atoms with van der Waals surface area (Å²) in [6.45, 7) is 2.92. The molecule has 0 aliphatic carbocycles. The summed E-state index contributed by atoms with van der Waals surface area (Å²) in [4.78, 5) is 24.8. The van der Waals surface area contributed by atoms with Crippen LogP contribution in [0.25, 0.3) is 11.5 Å². The van der Waals surface area contributed by atoms with Gasteiger partial charge in [-0.15, -0.1) is 0 Å². The van der Waals surface area contributed by atoms with Gasteiger partial charge in [0.25, 0.3) is 11.5 Å². The van der Waals surface area contributed by atoms with Gasteiger partial charge in [0, 0.05) is 12.1 Å². The van der Waals surface area contributed by atoms with E-state index >= 15 is 0 Å². The largest absolute Gasteiger partial charge is 0.463 e. The van der Waals surface area contributed by atoms with Crippen molar-refractivity contribution >= 4 is 11.6 Å². The first-order valence-corrected chi connectivity index (χ1v) is 7.70. The van der Waals surface area contributed by atoms with E-state index in [2.05, 4.69) is 10.4 Å². The summed E-state index contributed by atoms with van der Waals surface area (Å²) in [6.07, 6.45) is 1.46. The Morgan fingerprint density at radius 2 is 1.96 bits per heavy atom. The van der Waals surface area contributed by atoms with Crippen molar-refractivity contribution in [1.82, 2.24) is 9.78 Å².